The van der Waals surface area contributed by atoms with Crippen LogP contribution in [0, 0.1) is 11.8 Å². The number of methoxy groups -OCH3 is 5. The van der Waals surface area contributed by atoms with E-state index in [1.165, 1.54) is 42.5 Å². The van der Waals surface area contributed by atoms with Crippen molar-refractivity contribution in [3.8, 4) is 45.6 Å². The first kappa shape index (κ1) is 30.5. The zero-order valence-corrected chi connectivity index (χ0v) is 24.7. The van der Waals surface area contributed by atoms with Crippen LogP contribution in [0.25, 0.3) is 11.1 Å². The second kappa shape index (κ2) is 12.4. The number of phenols is 1. The van der Waals surface area contributed by atoms with Crippen LogP contribution < -0.4 is 23.7 Å². The van der Waals surface area contributed by atoms with Gasteiger partial charge in [0.1, 0.15) is 12.2 Å². The topological polar surface area (TPSA) is 119 Å². The van der Waals surface area contributed by atoms with E-state index >= 15 is 0 Å². The first-order valence-corrected chi connectivity index (χ1v) is 12.8. The highest BCUT2D eigenvalue weighted by Crippen LogP contribution is 2.59. The van der Waals surface area contributed by atoms with Gasteiger partial charge >= 0.3 is 11.9 Å². The van der Waals surface area contributed by atoms with Crippen LogP contribution >= 0.6 is 0 Å². The molecular weight excluding hydrogens is 520 g/mol. The van der Waals surface area contributed by atoms with Gasteiger partial charge in [-0.05, 0) is 26.0 Å². The number of carbonyl (C=O) groups is 2. The summed E-state index contributed by atoms with van der Waals surface area (Å²) in [6.07, 6.45) is -0.0910. The van der Waals surface area contributed by atoms with Crippen LogP contribution in [0.4, 0.5) is 0 Å². The Morgan fingerprint density at radius 1 is 0.725 bits per heavy atom. The minimum absolute atomic E-state index is 0.0593. The molecule has 0 radical (unpaired) electrons. The number of aromatic hydroxyl groups is 1. The zero-order valence-electron chi connectivity index (χ0n) is 24.7. The second-order valence-electron chi connectivity index (χ2n) is 9.58. The Kier molecular flexibility index (Phi) is 9.44. The number of hydrogen-bond donors (Lipinski definition) is 1. The number of esters is 2. The molecular formula is C30H38O10. The van der Waals surface area contributed by atoms with Gasteiger partial charge in [0.15, 0.2) is 23.0 Å². The molecule has 0 bridgehead atoms. The molecule has 0 aromatic heterocycles. The molecule has 1 N–H and O–H groups in total. The van der Waals surface area contributed by atoms with Crippen molar-refractivity contribution >= 4 is 11.9 Å². The fourth-order valence-corrected chi connectivity index (χ4v) is 5.10. The molecule has 0 spiro atoms. The predicted octanol–water partition coefficient (Wildman–Crippen LogP) is 5.54. The summed E-state index contributed by atoms with van der Waals surface area (Å²) in [6, 6.07) is 3.37. The lowest BCUT2D eigenvalue weighted by Gasteiger charge is -2.38. The lowest BCUT2D eigenvalue weighted by Crippen LogP contribution is -2.31. The summed E-state index contributed by atoms with van der Waals surface area (Å²) >= 11 is 0. The second-order valence-corrected chi connectivity index (χ2v) is 9.58. The molecule has 218 valence electrons. The number of fused-ring (bicyclic) bond motifs is 3. The summed E-state index contributed by atoms with van der Waals surface area (Å²) in [5.74, 6) is -1.03. The molecule has 0 aliphatic heterocycles. The molecule has 10 nitrogen and oxygen atoms in total. The third-order valence-electron chi connectivity index (χ3n) is 7.46. The van der Waals surface area contributed by atoms with Crippen molar-refractivity contribution in [1.82, 2.24) is 0 Å². The van der Waals surface area contributed by atoms with E-state index in [-0.39, 0.29) is 34.3 Å². The maximum absolute atomic E-state index is 13.1. The van der Waals surface area contributed by atoms with Gasteiger partial charge in [-0.2, -0.15) is 0 Å². The Labute approximate surface area is 234 Å². The third kappa shape index (κ3) is 5.22. The summed E-state index contributed by atoms with van der Waals surface area (Å²) < 4.78 is 40.2. The summed E-state index contributed by atoms with van der Waals surface area (Å²) in [6.45, 7) is 8.51. The molecule has 1 aliphatic carbocycles. The van der Waals surface area contributed by atoms with Gasteiger partial charge in [0.05, 0.1) is 35.5 Å². The van der Waals surface area contributed by atoms with Gasteiger partial charge in [-0.1, -0.05) is 19.9 Å². The lowest BCUT2D eigenvalue weighted by atomic mass is 9.74. The first-order valence-electron chi connectivity index (χ1n) is 12.8. The summed E-state index contributed by atoms with van der Waals surface area (Å²) in [7, 11) is 7.25. The summed E-state index contributed by atoms with van der Waals surface area (Å²) in [4.78, 5) is 25.5. The molecule has 1 aliphatic rings. The Morgan fingerprint density at radius 3 is 1.65 bits per heavy atom. The van der Waals surface area contributed by atoms with Gasteiger partial charge in [-0.3, -0.25) is 4.79 Å². The van der Waals surface area contributed by atoms with Crippen LogP contribution in [0.15, 0.2) is 23.8 Å². The number of carbonyl (C=O) groups excluding carboxylic acids is 2. The molecule has 40 heavy (non-hydrogen) atoms. The Hall–Kier alpha value is -4.08. The summed E-state index contributed by atoms with van der Waals surface area (Å²) in [5.41, 5.74) is 1.97. The normalized spacial score (nSPS) is 20.2. The molecule has 10 heteroatoms. The van der Waals surface area contributed by atoms with Crippen molar-refractivity contribution in [2.24, 2.45) is 11.8 Å². The van der Waals surface area contributed by atoms with Gasteiger partial charge in [-0.15, -0.1) is 0 Å². The van der Waals surface area contributed by atoms with E-state index in [9.17, 15) is 14.7 Å². The Bertz CT molecular complexity index is 1310. The summed E-state index contributed by atoms with van der Waals surface area (Å²) in [5, 5.41) is 11.8. The predicted molar refractivity (Wildman–Crippen MR) is 147 cm³/mol. The highest BCUT2D eigenvalue weighted by atomic mass is 16.6. The average molecular weight is 559 g/mol. The molecule has 0 heterocycles. The van der Waals surface area contributed by atoms with Crippen molar-refractivity contribution < 1.29 is 47.9 Å². The van der Waals surface area contributed by atoms with Crippen LogP contribution in [0.2, 0.25) is 0 Å². The number of rotatable bonds is 8. The van der Waals surface area contributed by atoms with E-state index in [2.05, 4.69) is 0 Å². The van der Waals surface area contributed by atoms with E-state index in [0.29, 0.717) is 28.0 Å². The minimum Gasteiger partial charge on any atom is -0.504 e. The van der Waals surface area contributed by atoms with Crippen molar-refractivity contribution in [2.75, 3.05) is 35.5 Å². The average Bonchev–Trinajstić information content (AvgIpc) is 2.95. The molecule has 0 unspecified atom stereocenters. The Balaban J connectivity index is 2.62. The standard InChI is InChI=1S/C30H38O10/c1-11-14(2)30(33)40-26-16(4)15(3)25(39-17(5)31)19-13-21(35-7)28(37-9)29(38-10)23(19)22-18(26)12-20(34-6)27(36-8)24(22)32/h11-13,15-16,25-26,32H,1-10H3/b14-11+/t15-,16+,25+,26-/m0/s1. The molecule has 4 atom stereocenters. The number of allylic oxidation sites excluding steroid dienone is 1. The molecule has 0 saturated carbocycles. The molecule has 2 aromatic carbocycles. The third-order valence-corrected chi connectivity index (χ3v) is 7.46. The first-order chi connectivity index (χ1) is 19.0. The van der Waals surface area contributed by atoms with Crippen molar-refractivity contribution in [3.05, 3.63) is 34.9 Å². The fourth-order valence-electron chi connectivity index (χ4n) is 5.10. The molecule has 3 rings (SSSR count). The maximum atomic E-state index is 13.1. The van der Waals surface area contributed by atoms with Crippen LogP contribution in [-0.4, -0.2) is 52.6 Å². The zero-order chi connectivity index (χ0) is 29.9. The van der Waals surface area contributed by atoms with Gasteiger partial charge in [0.25, 0.3) is 0 Å². The van der Waals surface area contributed by atoms with Gasteiger partial charge in [0, 0.05) is 46.6 Å². The van der Waals surface area contributed by atoms with Gasteiger partial charge < -0.3 is 38.3 Å². The van der Waals surface area contributed by atoms with E-state index in [4.69, 9.17) is 33.2 Å². The number of hydrogen-bond acceptors (Lipinski definition) is 10. The number of phenolic OH excluding ortho intramolecular Hbond substituents is 1. The van der Waals surface area contributed by atoms with E-state index in [0.717, 1.165) is 0 Å². The minimum atomic E-state index is -0.901. The van der Waals surface area contributed by atoms with Crippen molar-refractivity contribution in [2.45, 2.75) is 46.8 Å². The van der Waals surface area contributed by atoms with Gasteiger partial charge in [-0.25, -0.2) is 4.79 Å². The van der Waals surface area contributed by atoms with Crippen LogP contribution in [0.5, 0.6) is 34.5 Å². The quantitative estimate of drug-likeness (QED) is 0.327. The molecule has 0 saturated heterocycles. The molecule has 0 fully saturated rings. The molecule has 0 amide bonds. The van der Waals surface area contributed by atoms with Crippen molar-refractivity contribution in [1.29, 1.82) is 0 Å². The highest BCUT2D eigenvalue weighted by molar-refractivity contribution is 5.90. The van der Waals surface area contributed by atoms with Crippen molar-refractivity contribution in [3.63, 3.8) is 0 Å². The number of benzene rings is 2. The van der Waals surface area contributed by atoms with Crippen LogP contribution in [-0.2, 0) is 19.1 Å². The smallest absolute Gasteiger partial charge is 0.333 e. The monoisotopic (exact) mass is 558 g/mol. The van der Waals surface area contributed by atoms with E-state index < -0.39 is 36.0 Å². The molecule has 2 aromatic rings. The van der Waals surface area contributed by atoms with Gasteiger partial charge in [0.2, 0.25) is 11.5 Å². The lowest BCUT2D eigenvalue weighted by molar-refractivity contribution is -0.157. The van der Waals surface area contributed by atoms with E-state index in [1.54, 1.807) is 32.1 Å². The van der Waals surface area contributed by atoms with Crippen LogP contribution in [0.1, 0.15) is 58.0 Å². The maximum Gasteiger partial charge on any atom is 0.333 e. The fraction of sp³-hybridized carbons (Fsp3) is 0.467. The van der Waals surface area contributed by atoms with Crippen LogP contribution in [0.3, 0.4) is 0 Å². The Morgan fingerprint density at radius 2 is 1.20 bits per heavy atom. The van der Waals surface area contributed by atoms with E-state index in [1.807, 2.05) is 13.8 Å². The SMILES string of the molecule is C/C=C(\C)C(=O)O[C@@H]1c2cc(OC)c(OC)c(O)c2-c2c(cc(OC)c(OC)c2OC)[C@H](OC(C)=O)[C@@H](C)[C@H]1C. The largest absolute Gasteiger partial charge is 0.504 e. The highest BCUT2D eigenvalue weighted by Gasteiger charge is 2.43. The number of ether oxygens (including phenoxy) is 7.